The molecule has 13 heavy (non-hydrogen) atoms. The molecule has 0 heterocycles. The van der Waals surface area contributed by atoms with Crippen LogP contribution in [-0.4, -0.2) is 23.5 Å². The normalized spacial score (nSPS) is 36.9. The molecule has 3 atom stereocenters. The van der Waals surface area contributed by atoms with Crippen molar-refractivity contribution in [3.05, 3.63) is 0 Å². The van der Waals surface area contributed by atoms with Crippen LogP contribution in [-0.2, 0) is 0 Å². The second-order valence-electron chi connectivity index (χ2n) is 4.31. The van der Waals surface area contributed by atoms with Gasteiger partial charge in [-0.25, -0.2) is 0 Å². The molecule has 1 unspecified atom stereocenters. The lowest BCUT2D eigenvalue weighted by atomic mass is 9.99. The number of aliphatic hydroxyl groups is 1. The van der Waals surface area contributed by atoms with E-state index in [1.165, 1.54) is 25.0 Å². The minimum Gasteiger partial charge on any atom is -0.394 e. The molecule has 0 spiro atoms. The van der Waals surface area contributed by atoms with E-state index in [4.69, 9.17) is 5.11 Å². The predicted molar refractivity (Wildman–Crippen MR) is 52.6 cm³/mol. The van der Waals surface area contributed by atoms with Crippen LogP contribution in [0.5, 0.6) is 0 Å². The molecule has 2 rings (SSSR count). The van der Waals surface area contributed by atoms with Gasteiger partial charge in [-0.15, -0.1) is 0 Å². The van der Waals surface area contributed by atoms with Gasteiger partial charge in [0.25, 0.3) is 0 Å². The maximum atomic E-state index is 8.81. The molecule has 0 amide bonds. The Morgan fingerprint density at radius 1 is 1.69 bits per heavy atom. The Balaban J connectivity index is 1.85. The molecule has 74 valence electrons. The first kappa shape index (κ1) is 9.00. The van der Waals surface area contributed by atoms with Gasteiger partial charge in [-0.1, -0.05) is 0 Å². The molecular formula is C10H18N2O. The first-order chi connectivity index (χ1) is 6.31. The third kappa shape index (κ3) is 2.02. The number of nitrogens with zero attached hydrogens (tertiary/aromatic N) is 1. The molecule has 2 saturated carbocycles. The Kier molecular flexibility index (Phi) is 2.54. The van der Waals surface area contributed by atoms with Gasteiger partial charge >= 0.3 is 0 Å². The van der Waals surface area contributed by atoms with Gasteiger partial charge in [-0.05, 0) is 38.5 Å². The highest BCUT2D eigenvalue weighted by Crippen LogP contribution is 2.47. The van der Waals surface area contributed by atoms with Crippen molar-refractivity contribution >= 4 is 5.71 Å². The first-order valence-electron chi connectivity index (χ1n) is 5.24. The van der Waals surface area contributed by atoms with E-state index in [0.717, 1.165) is 18.3 Å². The van der Waals surface area contributed by atoms with E-state index in [1.807, 2.05) is 6.92 Å². The number of aliphatic hydroxyl groups excluding tert-OH is 1. The highest BCUT2D eigenvalue weighted by atomic mass is 16.3. The van der Waals surface area contributed by atoms with Crippen LogP contribution in [0.25, 0.3) is 0 Å². The molecule has 3 heteroatoms. The maximum Gasteiger partial charge on any atom is 0.0646 e. The topological polar surface area (TPSA) is 44.6 Å². The first-order valence-corrected chi connectivity index (χ1v) is 5.24. The lowest BCUT2D eigenvalue weighted by Gasteiger charge is -2.14. The van der Waals surface area contributed by atoms with Crippen molar-refractivity contribution in [2.24, 2.45) is 16.9 Å². The van der Waals surface area contributed by atoms with E-state index in [0.29, 0.717) is 0 Å². The van der Waals surface area contributed by atoms with Gasteiger partial charge in [0.05, 0.1) is 12.6 Å². The summed E-state index contributed by atoms with van der Waals surface area (Å²) in [5, 5.41) is 13.2. The van der Waals surface area contributed by atoms with Crippen molar-refractivity contribution in [1.29, 1.82) is 0 Å². The third-order valence-electron chi connectivity index (χ3n) is 3.06. The van der Waals surface area contributed by atoms with Crippen molar-refractivity contribution in [1.82, 2.24) is 5.43 Å². The summed E-state index contributed by atoms with van der Waals surface area (Å²) in [6.07, 6.45) is 5.22. The van der Waals surface area contributed by atoms with Gasteiger partial charge in [0.15, 0.2) is 0 Å². The quantitative estimate of drug-likeness (QED) is 0.643. The van der Waals surface area contributed by atoms with Crippen LogP contribution in [0.2, 0.25) is 0 Å². The van der Waals surface area contributed by atoms with Gasteiger partial charge in [0.2, 0.25) is 0 Å². The lowest BCUT2D eigenvalue weighted by Crippen LogP contribution is -2.26. The Morgan fingerprint density at radius 2 is 2.54 bits per heavy atom. The summed E-state index contributed by atoms with van der Waals surface area (Å²) < 4.78 is 0. The van der Waals surface area contributed by atoms with E-state index in [9.17, 15) is 0 Å². The molecule has 0 bridgehead atoms. The molecular weight excluding hydrogens is 164 g/mol. The molecule has 2 aliphatic carbocycles. The van der Waals surface area contributed by atoms with E-state index in [1.54, 1.807) is 0 Å². The van der Waals surface area contributed by atoms with Crippen molar-refractivity contribution < 1.29 is 5.11 Å². The molecule has 2 fully saturated rings. The second-order valence-corrected chi connectivity index (χ2v) is 4.31. The predicted octanol–water partition coefficient (Wildman–Crippen LogP) is 1.13. The zero-order chi connectivity index (χ0) is 9.26. The van der Waals surface area contributed by atoms with E-state index >= 15 is 0 Å². The standard InChI is InChI=1S/C10H18N2O/c1-7(6-13)11-12-10-4-2-3-8-5-9(8)10/h7-9,11,13H,2-6H2,1H3/b12-10-/t7?,8-,9+/m0/s1. The van der Waals surface area contributed by atoms with Gasteiger partial charge in [0, 0.05) is 11.6 Å². The molecule has 0 aliphatic heterocycles. The van der Waals surface area contributed by atoms with Crippen LogP contribution in [0.3, 0.4) is 0 Å². The molecule has 2 aliphatic rings. The number of nitrogens with one attached hydrogen (secondary N) is 1. The fourth-order valence-corrected chi connectivity index (χ4v) is 2.08. The largest absolute Gasteiger partial charge is 0.394 e. The van der Waals surface area contributed by atoms with Crippen molar-refractivity contribution in [3.8, 4) is 0 Å². The van der Waals surface area contributed by atoms with Gasteiger partial charge in [0.1, 0.15) is 0 Å². The summed E-state index contributed by atoms with van der Waals surface area (Å²) in [4.78, 5) is 0. The molecule has 0 radical (unpaired) electrons. The maximum absolute atomic E-state index is 8.81. The van der Waals surface area contributed by atoms with Crippen LogP contribution < -0.4 is 5.43 Å². The molecule has 3 nitrogen and oxygen atoms in total. The molecule has 2 N–H and O–H groups in total. The number of hydrazone groups is 1. The zero-order valence-electron chi connectivity index (χ0n) is 8.16. The van der Waals surface area contributed by atoms with Gasteiger partial charge in [-0.3, -0.25) is 0 Å². The number of rotatable bonds is 3. The van der Waals surface area contributed by atoms with Crippen LogP contribution in [0, 0.1) is 11.8 Å². The number of fused-ring (bicyclic) bond motifs is 1. The SMILES string of the molecule is CC(CO)N/N=C1/CCC[C@H]2C[C@@H]12. The van der Waals surface area contributed by atoms with Crippen LogP contribution >= 0.6 is 0 Å². The Bertz CT molecular complexity index is 215. The van der Waals surface area contributed by atoms with Crippen molar-refractivity contribution in [2.75, 3.05) is 6.61 Å². The van der Waals surface area contributed by atoms with E-state index in [2.05, 4.69) is 10.5 Å². The number of hydrogen-bond acceptors (Lipinski definition) is 3. The smallest absolute Gasteiger partial charge is 0.0646 e. The third-order valence-corrected chi connectivity index (χ3v) is 3.06. The number of hydrogen-bond donors (Lipinski definition) is 2. The average molecular weight is 182 g/mol. The fraction of sp³-hybridized carbons (Fsp3) is 0.900. The molecule has 0 aromatic carbocycles. The summed E-state index contributed by atoms with van der Waals surface area (Å²) >= 11 is 0. The summed E-state index contributed by atoms with van der Waals surface area (Å²) in [6.45, 7) is 2.10. The Labute approximate surface area is 79.2 Å². The van der Waals surface area contributed by atoms with Crippen molar-refractivity contribution in [3.63, 3.8) is 0 Å². The minimum absolute atomic E-state index is 0.0895. The van der Waals surface area contributed by atoms with Crippen molar-refractivity contribution in [2.45, 2.75) is 38.6 Å². The molecule has 0 aromatic heterocycles. The Morgan fingerprint density at radius 3 is 3.31 bits per heavy atom. The summed E-state index contributed by atoms with van der Waals surface area (Å²) in [5.74, 6) is 1.73. The highest BCUT2D eigenvalue weighted by molar-refractivity contribution is 5.89. The van der Waals surface area contributed by atoms with Crippen LogP contribution in [0.1, 0.15) is 32.6 Å². The summed E-state index contributed by atoms with van der Waals surface area (Å²) in [7, 11) is 0. The van der Waals surface area contributed by atoms with E-state index < -0.39 is 0 Å². The average Bonchev–Trinajstić information content (AvgIpc) is 2.92. The van der Waals surface area contributed by atoms with E-state index in [-0.39, 0.29) is 12.6 Å². The molecule has 0 saturated heterocycles. The lowest BCUT2D eigenvalue weighted by molar-refractivity contribution is 0.253. The monoisotopic (exact) mass is 182 g/mol. The molecule has 0 aromatic rings. The minimum atomic E-state index is 0.0895. The van der Waals surface area contributed by atoms with Crippen LogP contribution in [0.15, 0.2) is 5.10 Å². The fourth-order valence-electron chi connectivity index (χ4n) is 2.08. The zero-order valence-corrected chi connectivity index (χ0v) is 8.16. The Hall–Kier alpha value is -0.570. The van der Waals surface area contributed by atoms with Gasteiger partial charge in [-0.2, -0.15) is 5.10 Å². The summed E-state index contributed by atoms with van der Waals surface area (Å²) in [5.41, 5.74) is 4.34. The van der Waals surface area contributed by atoms with Gasteiger partial charge < -0.3 is 10.5 Å². The second kappa shape index (κ2) is 3.66. The summed E-state index contributed by atoms with van der Waals surface area (Å²) in [6, 6.07) is 0.0895. The highest BCUT2D eigenvalue weighted by Gasteiger charge is 2.43. The van der Waals surface area contributed by atoms with Crippen LogP contribution in [0.4, 0.5) is 0 Å².